The van der Waals surface area contributed by atoms with Crippen LogP contribution in [0.4, 0.5) is 5.82 Å². The molecule has 0 bridgehead atoms. The lowest BCUT2D eigenvalue weighted by atomic mass is 10.1. The predicted molar refractivity (Wildman–Crippen MR) is 111 cm³/mol. The van der Waals surface area contributed by atoms with Gasteiger partial charge in [-0.15, -0.1) is 0 Å². The predicted octanol–water partition coefficient (Wildman–Crippen LogP) is 4.84. The van der Waals surface area contributed by atoms with Crippen LogP contribution in [0.1, 0.15) is 18.1 Å². The van der Waals surface area contributed by atoms with Crippen LogP contribution < -0.4 is 4.31 Å². The maximum Gasteiger partial charge on any atom is 0.265 e. The molecule has 1 aromatic heterocycles. The molecule has 1 aliphatic heterocycles. The van der Waals surface area contributed by atoms with Crippen molar-refractivity contribution in [3.8, 4) is 0 Å². The molecule has 4 nitrogen and oxygen atoms in total. The van der Waals surface area contributed by atoms with Gasteiger partial charge in [-0.3, -0.25) is 0 Å². The van der Waals surface area contributed by atoms with E-state index in [9.17, 15) is 8.42 Å². The van der Waals surface area contributed by atoms with Crippen LogP contribution in [0.15, 0.2) is 59.0 Å². The number of aromatic nitrogens is 1. The Balaban J connectivity index is 1.99. The van der Waals surface area contributed by atoms with Crippen molar-refractivity contribution < 1.29 is 8.42 Å². The van der Waals surface area contributed by atoms with Gasteiger partial charge in [-0.2, -0.15) is 0 Å². The van der Waals surface area contributed by atoms with Crippen molar-refractivity contribution in [2.75, 3.05) is 10.8 Å². The van der Waals surface area contributed by atoms with Crippen molar-refractivity contribution in [2.45, 2.75) is 25.2 Å². The quantitative estimate of drug-likeness (QED) is 0.578. The highest BCUT2D eigenvalue weighted by Gasteiger charge is 2.31. The highest BCUT2D eigenvalue weighted by atomic mass is 35.5. The van der Waals surface area contributed by atoms with E-state index in [0.717, 1.165) is 27.6 Å². The number of sulfonamides is 1. The van der Waals surface area contributed by atoms with E-state index in [1.54, 1.807) is 12.1 Å². The van der Waals surface area contributed by atoms with Crippen LogP contribution in [0.2, 0.25) is 5.02 Å². The van der Waals surface area contributed by atoms with E-state index in [0.29, 0.717) is 28.7 Å². The van der Waals surface area contributed by atoms with E-state index in [2.05, 4.69) is 0 Å². The molecule has 0 spiro atoms. The number of nitrogens with zero attached hydrogens (tertiary/aromatic N) is 2. The van der Waals surface area contributed by atoms with Crippen LogP contribution in [-0.4, -0.2) is 19.5 Å². The Kier molecular flexibility index (Phi) is 4.32. The first-order valence-corrected chi connectivity index (χ1v) is 10.6. The number of halogens is 1. The smallest absolute Gasteiger partial charge is 0.265 e. The molecule has 3 aromatic rings. The molecule has 0 fully saturated rings. The first kappa shape index (κ1) is 18.1. The summed E-state index contributed by atoms with van der Waals surface area (Å²) >= 11 is 6.23. The molecule has 0 atom stereocenters. The standard InChI is InChI=1S/C21H21ClN2O2S/c1-14-4-7-17(8-5-14)27(25,26)24-11-10-15(2)12-19-18-13-16(22)6-9-20(18)23(3)21(19)24/h4-10,13H,11-12H2,1-3H3. The molecular formula is C21H21ClN2O2S. The molecule has 0 N–H and O–H groups in total. The maximum atomic E-state index is 13.5. The third-order valence-electron chi connectivity index (χ3n) is 5.14. The SMILES string of the molecule is CC1=CCN(S(=O)(=O)c2ccc(C)cc2)c2c(c3cc(Cl)ccc3n2C)C1. The Morgan fingerprint density at radius 1 is 1.04 bits per heavy atom. The van der Waals surface area contributed by atoms with Crippen molar-refractivity contribution in [2.24, 2.45) is 7.05 Å². The van der Waals surface area contributed by atoms with Gasteiger partial charge in [0.15, 0.2) is 0 Å². The third kappa shape index (κ3) is 2.95. The monoisotopic (exact) mass is 400 g/mol. The van der Waals surface area contributed by atoms with Gasteiger partial charge in [-0.1, -0.05) is 40.9 Å². The molecule has 1 aliphatic rings. The largest absolute Gasteiger partial charge is 0.330 e. The Hall–Kier alpha value is -2.24. The number of anilines is 1. The zero-order chi connectivity index (χ0) is 19.3. The summed E-state index contributed by atoms with van der Waals surface area (Å²) in [6.45, 7) is 4.29. The number of rotatable bonds is 2. The second-order valence-corrected chi connectivity index (χ2v) is 9.40. The molecule has 27 heavy (non-hydrogen) atoms. The molecule has 0 amide bonds. The highest BCUT2D eigenvalue weighted by molar-refractivity contribution is 7.92. The van der Waals surface area contributed by atoms with Crippen LogP contribution in [0.5, 0.6) is 0 Å². The van der Waals surface area contributed by atoms with Crippen molar-refractivity contribution in [1.29, 1.82) is 0 Å². The first-order valence-electron chi connectivity index (χ1n) is 8.81. The summed E-state index contributed by atoms with van der Waals surface area (Å²) in [7, 11) is -1.77. The molecular weight excluding hydrogens is 380 g/mol. The summed E-state index contributed by atoms with van der Waals surface area (Å²) in [6.07, 6.45) is 2.69. The van der Waals surface area contributed by atoms with Crippen molar-refractivity contribution >= 4 is 38.3 Å². The van der Waals surface area contributed by atoms with Gasteiger partial charge in [-0.05, 0) is 50.6 Å². The van der Waals surface area contributed by atoms with Gasteiger partial charge in [0.25, 0.3) is 10.0 Å². The summed E-state index contributed by atoms with van der Waals surface area (Å²) in [6, 6.07) is 12.7. The summed E-state index contributed by atoms with van der Waals surface area (Å²) in [5, 5.41) is 1.65. The number of hydrogen-bond acceptors (Lipinski definition) is 2. The summed E-state index contributed by atoms with van der Waals surface area (Å²) in [5.41, 5.74) is 4.14. The van der Waals surface area contributed by atoms with Crippen LogP contribution in [0.25, 0.3) is 10.9 Å². The van der Waals surface area contributed by atoms with Gasteiger partial charge >= 0.3 is 0 Å². The lowest BCUT2D eigenvalue weighted by molar-refractivity contribution is 0.591. The first-order chi connectivity index (χ1) is 12.8. The Labute approximate surface area is 164 Å². The molecule has 0 unspecified atom stereocenters. The zero-order valence-electron chi connectivity index (χ0n) is 15.5. The molecule has 2 aromatic carbocycles. The lowest BCUT2D eigenvalue weighted by Gasteiger charge is -2.24. The summed E-state index contributed by atoms with van der Waals surface area (Å²) in [4.78, 5) is 0.301. The molecule has 2 heterocycles. The number of fused-ring (bicyclic) bond motifs is 3. The van der Waals surface area contributed by atoms with Crippen molar-refractivity contribution in [3.63, 3.8) is 0 Å². The van der Waals surface area contributed by atoms with Gasteiger partial charge in [0.05, 0.1) is 11.4 Å². The Bertz CT molecular complexity index is 1180. The van der Waals surface area contributed by atoms with Gasteiger partial charge in [0.2, 0.25) is 0 Å². The van der Waals surface area contributed by atoms with Crippen LogP contribution in [-0.2, 0) is 23.5 Å². The highest BCUT2D eigenvalue weighted by Crippen LogP contribution is 2.39. The minimum atomic E-state index is -3.68. The Morgan fingerprint density at radius 3 is 2.44 bits per heavy atom. The molecule has 4 rings (SSSR count). The average molecular weight is 401 g/mol. The van der Waals surface area contributed by atoms with E-state index in [1.807, 2.05) is 61.9 Å². The maximum absolute atomic E-state index is 13.5. The van der Waals surface area contributed by atoms with E-state index >= 15 is 0 Å². The zero-order valence-corrected chi connectivity index (χ0v) is 17.1. The molecule has 0 radical (unpaired) electrons. The van der Waals surface area contributed by atoms with Gasteiger partial charge in [-0.25, -0.2) is 12.7 Å². The van der Waals surface area contributed by atoms with Crippen molar-refractivity contribution in [1.82, 2.24) is 4.57 Å². The molecule has 140 valence electrons. The third-order valence-corrected chi connectivity index (χ3v) is 7.14. The van der Waals surface area contributed by atoms with Crippen LogP contribution >= 0.6 is 11.6 Å². The average Bonchev–Trinajstić information content (AvgIpc) is 2.77. The topological polar surface area (TPSA) is 42.3 Å². The lowest BCUT2D eigenvalue weighted by Crippen LogP contribution is -2.33. The van der Waals surface area contributed by atoms with E-state index in [4.69, 9.17) is 11.6 Å². The number of hydrogen-bond donors (Lipinski definition) is 0. The molecule has 0 aliphatic carbocycles. The van der Waals surface area contributed by atoms with Gasteiger partial charge in [0, 0.05) is 28.5 Å². The fraction of sp³-hybridized carbons (Fsp3) is 0.238. The van der Waals surface area contributed by atoms with Crippen molar-refractivity contribution in [3.05, 3.63) is 70.3 Å². The van der Waals surface area contributed by atoms with Crippen LogP contribution in [0, 0.1) is 6.92 Å². The van der Waals surface area contributed by atoms with Gasteiger partial charge < -0.3 is 4.57 Å². The van der Waals surface area contributed by atoms with Crippen LogP contribution in [0.3, 0.4) is 0 Å². The molecule has 6 heteroatoms. The molecule has 0 saturated carbocycles. The van der Waals surface area contributed by atoms with E-state index in [-0.39, 0.29) is 0 Å². The molecule has 0 saturated heterocycles. The summed E-state index contributed by atoms with van der Waals surface area (Å²) in [5.74, 6) is 0.709. The second-order valence-electron chi connectivity index (χ2n) is 7.10. The van der Waals surface area contributed by atoms with E-state index in [1.165, 1.54) is 4.31 Å². The van der Waals surface area contributed by atoms with Gasteiger partial charge in [0.1, 0.15) is 5.82 Å². The number of benzene rings is 2. The summed E-state index contributed by atoms with van der Waals surface area (Å²) < 4.78 is 30.4. The fourth-order valence-electron chi connectivity index (χ4n) is 3.70. The number of allylic oxidation sites excluding steroid dienone is 1. The number of aryl methyl sites for hydroxylation is 2. The second kappa shape index (κ2) is 6.43. The fourth-order valence-corrected chi connectivity index (χ4v) is 5.33. The normalized spacial score (nSPS) is 14.8. The Morgan fingerprint density at radius 2 is 1.74 bits per heavy atom. The minimum Gasteiger partial charge on any atom is -0.330 e. The minimum absolute atomic E-state index is 0.301. The van der Waals surface area contributed by atoms with E-state index < -0.39 is 10.0 Å².